The Labute approximate surface area is 208 Å². The van der Waals surface area contributed by atoms with Crippen molar-refractivity contribution in [1.82, 2.24) is 9.55 Å². The Morgan fingerprint density at radius 2 is 1.66 bits per heavy atom. The smallest absolute Gasteiger partial charge is 0.127 e. The highest BCUT2D eigenvalue weighted by molar-refractivity contribution is 5.65. The topological polar surface area (TPSA) is 39.1 Å². The van der Waals surface area contributed by atoms with E-state index in [2.05, 4.69) is 79.8 Å². The molecule has 1 N–H and O–H groups in total. The van der Waals surface area contributed by atoms with Crippen molar-refractivity contribution >= 4 is 11.3 Å². The Kier molecular flexibility index (Phi) is 7.51. The number of nitrogens with zero attached hydrogens (tertiary/aromatic N) is 2. The first kappa shape index (κ1) is 24.1. The maximum Gasteiger partial charge on any atom is 0.127 e. The molecule has 0 unspecified atom stereocenters. The van der Waals surface area contributed by atoms with E-state index in [0.29, 0.717) is 0 Å². The van der Waals surface area contributed by atoms with Crippen molar-refractivity contribution in [2.75, 3.05) is 12.4 Å². The molecule has 0 radical (unpaired) electrons. The summed E-state index contributed by atoms with van der Waals surface area (Å²) in [5.41, 5.74) is 7.98. The second-order valence-electron chi connectivity index (χ2n) is 8.64. The lowest BCUT2D eigenvalue weighted by Gasteiger charge is -2.10. The van der Waals surface area contributed by atoms with E-state index in [1.54, 1.807) is 6.08 Å². The molecule has 0 atom stereocenters. The number of aromatic nitrogens is 2. The molecule has 0 aliphatic carbocycles. The highest BCUT2D eigenvalue weighted by Crippen LogP contribution is 2.28. The van der Waals surface area contributed by atoms with Crippen LogP contribution in [0.1, 0.15) is 36.5 Å². The van der Waals surface area contributed by atoms with Gasteiger partial charge in [0, 0.05) is 31.9 Å². The van der Waals surface area contributed by atoms with Gasteiger partial charge in [0.15, 0.2) is 0 Å². The Morgan fingerprint density at radius 1 is 1.00 bits per heavy atom. The van der Waals surface area contributed by atoms with Gasteiger partial charge >= 0.3 is 0 Å². The molecular formula is C31H33N3O. The summed E-state index contributed by atoms with van der Waals surface area (Å²) in [5.74, 6) is 2.74. The Balaban J connectivity index is 1.45. The molecule has 4 nitrogen and oxygen atoms in total. The molecular weight excluding hydrogens is 430 g/mol. The van der Waals surface area contributed by atoms with E-state index >= 15 is 0 Å². The second kappa shape index (κ2) is 10.9. The fourth-order valence-electron chi connectivity index (χ4n) is 4.15. The predicted molar refractivity (Wildman–Crippen MR) is 147 cm³/mol. The minimum absolute atomic E-state index is 0.800. The van der Waals surface area contributed by atoms with Crippen LogP contribution in [0.3, 0.4) is 0 Å². The molecule has 0 saturated carbocycles. The van der Waals surface area contributed by atoms with E-state index in [9.17, 15) is 0 Å². The minimum Gasteiger partial charge on any atom is -0.457 e. The van der Waals surface area contributed by atoms with Gasteiger partial charge in [0.1, 0.15) is 17.3 Å². The van der Waals surface area contributed by atoms with Crippen LogP contribution >= 0.6 is 0 Å². The maximum absolute atomic E-state index is 6.04. The van der Waals surface area contributed by atoms with Crippen LogP contribution in [0.2, 0.25) is 0 Å². The number of rotatable bonds is 9. The van der Waals surface area contributed by atoms with Crippen molar-refractivity contribution in [3.8, 4) is 22.6 Å². The third kappa shape index (κ3) is 5.72. The van der Waals surface area contributed by atoms with Crippen LogP contribution < -0.4 is 10.1 Å². The van der Waals surface area contributed by atoms with Crippen LogP contribution in [0.25, 0.3) is 16.7 Å². The second-order valence-corrected chi connectivity index (χ2v) is 8.64. The molecule has 0 amide bonds. The zero-order chi connectivity index (χ0) is 24.8. The number of hydrogen-bond donors (Lipinski definition) is 1. The fourth-order valence-corrected chi connectivity index (χ4v) is 4.15. The maximum atomic E-state index is 6.04. The van der Waals surface area contributed by atoms with E-state index in [1.807, 2.05) is 43.5 Å². The van der Waals surface area contributed by atoms with Gasteiger partial charge in [0.2, 0.25) is 0 Å². The molecule has 0 aliphatic heterocycles. The summed E-state index contributed by atoms with van der Waals surface area (Å²) >= 11 is 0. The molecule has 0 bridgehead atoms. The van der Waals surface area contributed by atoms with Gasteiger partial charge in [-0.05, 0) is 78.9 Å². The van der Waals surface area contributed by atoms with E-state index in [1.165, 1.54) is 11.1 Å². The lowest BCUT2D eigenvalue weighted by molar-refractivity contribution is 0.482. The van der Waals surface area contributed by atoms with Crippen molar-refractivity contribution in [2.24, 2.45) is 0 Å². The van der Waals surface area contributed by atoms with Gasteiger partial charge in [0.05, 0.1) is 5.69 Å². The number of aryl methyl sites for hydroxylation is 2. The SMILES string of the molecule is C=C/C=C(\C)c1cn(CC)c(Cc2ccc(-c3ccc(Oc4ccc(NC)c(C)c4)cc3)cc2)n1. The monoisotopic (exact) mass is 463 g/mol. The van der Waals surface area contributed by atoms with Crippen molar-refractivity contribution < 1.29 is 4.74 Å². The quantitative estimate of drug-likeness (QED) is 0.257. The van der Waals surface area contributed by atoms with E-state index in [4.69, 9.17) is 9.72 Å². The summed E-state index contributed by atoms with van der Waals surface area (Å²) in [7, 11) is 1.92. The molecule has 0 saturated heterocycles. The Bertz CT molecular complexity index is 1330. The first-order chi connectivity index (χ1) is 17.0. The van der Waals surface area contributed by atoms with Crippen LogP contribution in [-0.2, 0) is 13.0 Å². The van der Waals surface area contributed by atoms with Gasteiger partial charge in [-0.25, -0.2) is 4.98 Å². The third-order valence-electron chi connectivity index (χ3n) is 6.18. The van der Waals surface area contributed by atoms with Crippen LogP contribution in [-0.4, -0.2) is 16.6 Å². The number of benzene rings is 3. The Morgan fingerprint density at radius 3 is 2.26 bits per heavy atom. The number of imidazole rings is 1. The largest absolute Gasteiger partial charge is 0.457 e. The lowest BCUT2D eigenvalue weighted by atomic mass is 10.0. The van der Waals surface area contributed by atoms with Gasteiger partial charge in [-0.15, -0.1) is 0 Å². The summed E-state index contributed by atoms with van der Waals surface area (Å²) in [6.45, 7) is 11.0. The van der Waals surface area contributed by atoms with Gasteiger partial charge in [-0.2, -0.15) is 0 Å². The molecule has 0 spiro atoms. The summed E-state index contributed by atoms with van der Waals surface area (Å²) in [4.78, 5) is 4.86. The van der Waals surface area contributed by atoms with Crippen molar-refractivity contribution in [1.29, 1.82) is 0 Å². The summed E-state index contributed by atoms with van der Waals surface area (Å²) in [6.07, 6.45) is 6.73. The molecule has 1 aromatic heterocycles. The number of ether oxygens (including phenoxy) is 1. The van der Waals surface area contributed by atoms with Gasteiger partial charge in [-0.1, -0.05) is 55.1 Å². The van der Waals surface area contributed by atoms with Crippen molar-refractivity contribution in [2.45, 2.75) is 33.7 Å². The molecule has 4 rings (SSSR count). The van der Waals surface area contributed by atoms with E-state index in [0.717, 1.165) is 58.4 Å². The molecule has 0 fully saturated rings. The van der Waals surface area contributed by atoms with Crippen LogP contribution in [0, 0.1) is 6.92 Å². The normalized spacial score (nSPS) is 11.4. The predicted octanol–water partition coefficient (Wildman–Crippen LogP) is 7.89. The number of anilines is 1. The Hall–Kier alpha value is -4.05. The molecule has 4 heteroatoms. The molecule has 0 aliphatic rings. The fraction of sp³-hybridized carbons (Fsp3) is 0.194. The summed E-state index contributed by atoms with van der Waals surface area (Å²) in [6, 6.07) is 23.0. The van der Waals surface area contributed by atoms with Gasteiger partial charge in [-0.3, -0.25) is 0 Å². The summed E-state index contributed by atoms with van der Waals surface area (Å²) in [5, 5.41) is 3.18. The van der Waals surface area contributed by atoms with E-state index < -0.39 is 0 Å². The molecule has 35 heavy (non-hydrogen) atoms. The molecule has 3 aromatic carbocycles. The summed E-state index contributed by atoms with van der Waals surface area (Å²) < 4.78 is 8.26. The van der Waals surface area contributed by atoms with Crippen molar-refractivity contribution in [3.05, 3.63) is 114 Å². The van der Waals surface area contributed by atoms with E-state index in [-0.39, 0.29) is 0 Å². The van der Waals surface area contributed by atoms with Crippen LogP contribution in [0.5, 0.6) is 11.5 Å². The minimum atomic E-state index is 0.800. The first-order valence-electron chi connectivity index (χ1n) is 12.0. The number of hydrogen-bond acceptors (Lipinski definition) is 3. The molecule has 1 heterocycles. The van der Waals surface area contributed by atoms with Crippen molar-refractivity contribution in [3.63, 3.8) is 0 Å². The molecule has 4 aromatic rings. The first-order valence-corrected chi connectivity index (χ1v) is 12.0. The van der Waals surface area contributed by atoms with Gasteiger partial charge < -0.3 is 14.6 Å². The highest BCUT2D eigenvalue weighted by Gasteiger charge is 2.09. The zero-order valence-electron chi connectivity index (χ0n) is 21.0. The third-order valence-corrected chi connectivity index (χ3v) is 6.18. The lowest BCUT2D eigenvalue weighted by Crippen LogP contribution is -2.01. The highest BCUT2D eigenvalue weighted by atomic mass is 16.5. The average molecular weight is 464 g/mol. The van der Waals surface area contributed by atoms with Gasteiger partial charge in [0.25, 0.3) is 0 Å². The standard InChI is InChI=1S/C31H33N3O/c1-6-8-22(3)30-21-34(7-2)31(33-30)20-24-9-11-25(12-10-24)26-13-15-27(16-14-26)35-28-17-18-29(32-5)23(4)19-28/h6,8-19,21,32H,1,7,20H2,2-5H3/b22-8+. The van der Waals surface area contributed by atoms with Crippen LogP contribution in [0.15, 0.2) is 91.7 Å². The average Bonchev–Trinajstić information content (AvgIpc) is 3.28. The number of allylic oxidation sites excluding steroid dienone is 3. The molecule has 178 valence electrons. The van der Waals surface area contributed by atoms with Crippen LogP contribution in [0.4, 0.5) is 5.69 Å². The number of nitrogens with one attached hydrogen (secondary N) is 1. The zero-order valence-corrected chi connectivity index (χ0v) is 21.0.